The summed E-state index contributed by atoms with van der Waals surface area (Å²) in [4.78, 5) is 2.32. The number of likely N-dealkylation sites (tertiary alicyclic amines) is 1. The molecule has 0 amide bonds. The van der Waals surface area contributed by atoms with E-state index in [4.69, 9.17) is 5.26 Å². The highest BCUT2D eigenvalue weighted by Gasteiger charge is 2.17. The van der Waals surface area contributed by atoms with Gasteiger partial charge in [-0.05, 0) is 25.0 Å². The van der Waals surface area contributed by atoms with Crippen LogP contribution in [0.2, 0.25) is 0 Å². The second-order valence-electron chi connectivity index (χ2n) is 4.35. The number of piperidine rings is 1. The summed E-state index contributed by atoms with van der Waals surface area (Å²) >= 11 is 0. The average molecular weight is 224 g/mol. The fourth-order valence-corrected chi connectivity index (χ4v) is 2.00. The van der Waals surface area contributed by atoms with Crippen molar-refractivity contribution in [2.45, 2.75) is 12.8 Å². The third kappa shape index (κ3) is 3.63. The van der Waals surface area contributed by atoms with Crippen molar-refractivity contribution < 1.29 is 0 Å². The molecule has 0 atom stereocenters. The Labute approximate surface area is 103 Å². The van der Waals surface area contributed by atoms with Crippen molar-refractivity contribution in [3.8, 4) is 17.9 Å². The molecule has 1 aromatic carbocycles. The molecule has 86 valence electrons. The number of rotatable bonds is 1. The maximum Gasteiger partial charge on any atom is 0.0656 e. The van der Waals surface area contributed by atoms with Crippen LogP contribution in [0.15, 0.2) is 30.3 Å². The van der Waals surface area contributed by atoms with Crippen LogP contribution in [0.4, 0.5) is 0 Å². The number of nitriles is 1. The molecule has 1 aromatic rings. The molecule has 17 heavy (non-hydrogen) atoms. The third-order valence-corrected chi connectivity index (χ3v) is 3.08. The standard InChI is InChI=1S/C15H16N2/c16-13-15-8-11-17(12-9-15)10-4-7-14-5-2-1-3-6-14/h1-3,5-6,15H,8-12H2. The Morgan fingerprint density at radius 3 is 2.53 bits per heavy atom. The third-order valence-electron chi connectivity index (χ3n) is 3.08. The highest BCUT2D eigenvalue weighted by Crippen LogP contribution is 2.15. The van der Waals surface area contributed by atoms with Gasteiger partial charge in [-0.1, -0.05) is 30.0 Å². The van der Waals surface area contributed by atoms with Crippen LogP contribution in [0.25, 0.3) is 0 Å². The molecule has 2 rings (SSSR count). The minimum absolute atomic E-state index is 0.258. The fraction of sp³-hybridized carbons (Fsp3) is 0.400. The van der Waals surface area contributed by atoms with Crippen molar-refractivity contribution in [2.24, 2.45) is 5.92 Å². The molecule has 0 radical (unpaired) electrons. The predicted molar refractivity (Wildman–Crippen MR) is 68.1 cm³/mol. The Morgan fingerprint density at radius 1 is 1.18 bits per heavy atom. The smallest absolute Gasteiger partial charge is 0.0656 e. The number of nitrogens with zero attached hydrogens (tertiary/aromatic N) is 2. The van der Waals surface area contributed by atoms with Crippen molar-refractivity contribution in [3.63, 3.8) is 0 Å². The van der Waals surface area contributed by atoms with E-state index in [1.54, 1.807) is 0 Å². The first-order valence-electron chi connectivity index (χ1n) is 6.04. The lowest BCUT2D eigenvalue weighted by Gasteiger charge is -2.26. The van der Waals surface area contributed by atoms with E-state index < -0.39 is 0 Å². The van der Waals surface area contributed by atoms with Crippen molar-refractivity contribution in [3.05, 3.63) is 35.9 Å². The maximum atomic E-state index is 8.81. The summed E-state index contributed by atoms with van der Waals surface area (Å²) in [5, 5.41) is 8.81. The molecule has 1 heterocycles. The van der Waals surface area contributed by atoms with Gasteiger partial charge in [0.2, 0.25) is 0 Å². The molecule has 1 aliphatic heterocycles. The second-order valence-corrected chi connectivity index (χ2v) is 4.35. The van der Waals surface area contributed by atoms with E-state index in [9.17, 15) is 0 Å². The van der Waals surface area contributed by atoms with Gasteiger partial charge in [0.25, 0.3) is 0 Å². The summed E-state index contributed by atoms with van der Waals surface area (Å²) in [6, 6.07) is 12.4. The van der Waals surface area contributed by atoms with Gasteiger partial charge in [-0.3, -0.25) is 4.90 Å². The van der Waals surface area contributed by atoms with Gasteiger partial charge in [0.05, 0.1) is 12.6 Å². The van der Waals surface area contributed by atoms with E-state index in [2.05, 4.69) is 22.8 Å². The van der Waals surface area contributed by atoms with Gasteiger partial charge in [0.1, 0.15) is 0 Å². The summed E-state index contributed by atoms with van der Waals surface area (Å²) in [6.07, 6.45) is 1.98. The molecular formula is C15H16N2. The minimum Gasteiger partial charge on any atom is -0.292 e. The van der Waals surface area contributed by atoms with Crippen LogP contribution < -0.4 is 0 Å². The highest BCUT2D eigenvalue weighted by atomic mass is 15.1. The molecule has 1 saturated heterocycles. The predicted octanol–water partition coefficient (Wildman–Crippen LogP) is 2.27. The zero-order valence-electron chi connectivity index (χ0n) is 9.89. The fourth-order valence-electron chi connectivity index (χ4n) is 2.00. The number of hydrogen-bond donors (Lipinski definition) is 0. The summed E-state index contributed by atoms with van der Waals surface area (Å²) in [6.45, 7) is 2.82. The largest absolute Gasteiger partial charge is 0.292 e. The quantitative estimate of drug-likeness (QED) is 0.684. The lowest BCUT2D eigenvalue weighted by molar-refractivity contribution is 0.228. The van der Waals surface area contributed by atoms with Crippen LogP contribution >= 0.6 is 0 Å². The first kappa shape index (κ1) is 11.7. The van der Waals surface area contributed by atoms with Gasteiger partial charge in [-0.25, -0.2) is 0 Å². The normalized spacial score (nSPS) is 16.9. The summed E-state index contributed by atoms with van der Waals surface area (Å²) < 4.78 is 0. The van der Waals surface area contributed by atoms with Gasteiger partial charge in [-0.2, -0.15) is 5.26 Å². The van der Waals surface area contributed by atoms with E-state index in [-0.39, 0.29) is 5.92 Å². The summed E-state index contributed by atoms with van der Waals surface area (Å²) in [5.74, 6) is 6.62. The molecule has 0 bridgehead atoms. The number of hydrogen-bond acceptors (Lipinski definition) is 2. The molecule has 0 unspecified atom stereocenters. The van der Waals surface area contributed by atoms with Gasteiger partial charge in [0, 0.05) is 24.6 Å². The van der Waals surface area contributed by atoms with E-state index in [0.717, 1.165) is 38.0 Å². The second kappa shape index (κ2) is 6.09. The Bertz CT molecular complexity index is 439. The lowest BCUT2D eigenvalue weighted by atomic mass is 9.99. The lowest BCUT2D eigenvalue weighted by Crippen LogP contribution is -2.33. The Balaban J connectivity index is 1.80. The molecular weight excluding hydrogens is 208 g/mol. The molecule has 0 spiro atoms. The minimum atomic E-state index is 0.258. The molecule has 1 fully saturated rings. The topological polar surface area (TPSA) is 27.0 Å². The van der Waals surface area contributed by atoms with Gasteiger partial charge >= 0.3 is 0 Å². The molecule has 0 saturated carbocycles. The summed E-state index contributed by atoms with van der Waals surface area (Å²) in [7, 11) is 0. The first-order chi connectivity index (χ1) is 8.38. The zero-order chi connectivity index (χ0) is 11.9. The van der Waals surface area contributed by atoms with Crippen LogP contribution in [-0.2, 0) is 0 Å². The van der Waals surface area contributed by atoms with Gasteiger partial charge in [-0.15, -0.1) is 0 Å². The van der Waals surface area contributed by atoms with Crippen LogP contribution in [0.5, 0.6) is 0 Å². The molecule has 0 aliphatic carbocycles. The monoisotopic (exact) mass is 224 g/mol. The Morgan fingerprint density at radius 2 is 1.88 bits per heavy atom. The van der Waals surface area contributed by atoms with Crippen molar-refractivity contribution in [2.75, 3.05) is 19.6 Å². The van der Waals surface area contributed by atoms with E-state index >= 15 is 0 Å². The van der Waals surface area contributed by atoms with Crippen LogP contribution in [-0.4, -0.2) is 24.5 Å². The SMILES string of the molecule is N#CC1CCN(CC#Cc2ccccc2)CC1. The summed E-state index contributed by atoms with van der Waals surface area (Å²) in [5.41, 5.74) is 1.07. The highest BCUT2D eigenvalue weighted by molar-refractivity contribution is 5.33. The van der Waals surface area contributed by atoms with Crippen LogP contribution in [0.3, 0.4) is 0 Å². The van der Waals surface area contributed by atoms with Crippen LogP contribution in [0.1, 0.15) is 18.4 Å². The van der Waals surface area contributed by atoms with Gasteiger partial charge in [0.15, 0.2) is 0 Å². The molecule has 0 aromatic heterocycles. The van der Waals surface area contributed by atoms with Crippen molar-refractivity contribution >= 4 is 0 Å². The first-order valence-corrected chi connectivity index (χ1v) is 6.04. The van der Waals surface area contributed by atoms with E-state index in [1.807, 2.05) is 30.3 Å². The Kier molecular flexibility index (Phi) is 4.19. The van der Waals surface area contributed by atoms with Crippen molar-refractivity contribution in [1.82, 2.24) is 4.90 Å². The molecule has 0 N–H and O–H groups in total. The van der Waals surface area contributed by atoms with E-state index in [0.29, 0.717) is 0 Å². The zero-order valence-corrected chi connectivity index (χ0v) is 9.89. The van der Waals surface area contributed by atoms with Crippen LogP contribution in [0, 0.1) is 29.1 Å². The molecule has 2 heteroatoms. The van der Waals surface area contributed by atoms with Crippen molar-refractivity contribution in [1.29, 1.82) is 5.26 Å². The molecule has 1 aliphatic rings. The van der Waals surface area contributed by atoms with Gasteiger partial charge < -0.3 is 0 Å². The number of benzene rings is 1. The van der Waals surface area contributed by atoms with E-state index in [1.165, 1.54) is 0 Å². The molecule has 2 nitrogen and oxygen atoms in total. The Hall–Kier alpha value is -1.77. The maximum absolute atomic E-state index is 8.81. The average Bonchev–Trinajstić information content (AvgIpc) is 2.41.